The summed E-state index contributed by atoms with van der Waals surface area (Å²) in [4.78, 5) is 0. The van der Waals surface area contributed by atoms with Crippen LogP contribution in [0.15, 0.2) is 12.1 Å². The SMILES string of the molecule is CC(C)(CN)Cc1c(F)cc(F)cc1F. The van der Waals surface area contributed by atoms with Gasteiger partial charge in [-0.15, -0.1) is 0 Å². The molecule has 0 heterocycles. The monoisotopic (exact) mass is 217 g/mol. The summed E-state index contributed by atoms with van der Waals surface area (Å²) in [5.74, 6) is -2.61. The molecule has 1 aromatic rings. The molecule has 0 aliphatic rings. The molecule has 2 N–H and O–H groups in total. The summed E-state index contributed by atoms with van der Waals surface area (Å²) in [7, 11) is 0. The Labute approximate surface area is 87.1 Å². The maximum absolute atomic E-state index is 13.3. The van der Waals surface area contributed by atoms with Crippen molar-refractivity contribution in [2.75, 3.05) is 6.54 Å². The number of rotatable bonds is 3. The number of benzene rings is 1. The quantitative estimate of drug-likeness (QED) is 0.827. The fourth-order valence-corrected chi connectivity index (χ4v) is 1.29. The van der Waals surface area contributed by atoms with Gasteiger partial charge in [-0.2, -0.15) is 0 Å². The van der Waals surface area contributed by atoms with Crippen molar-refractivity contribution in [3.63, 3.8) is 0 Å². The molecule has 1 rings (SSSR count). The smallest absolute Gasteiger partial charge is 0.132 e. The van der Waals surface area contributed by atoms with E-state index >= 15 is 0 Å². The highest BCUT2D eigenvalue weighted by atomic mass is 19.1. The minimum absolute atomic E-state index is 0.105. The van der Waals surface area contributed by atoms with E-state index in [1.54, 1.807) is 13.8 Å². The van der Waals surface area contributed by atoms with Gasteiger partial charge in [0.05, 0.1) is 0 Å². The molecule has 1 aromatic carbocycles. The van der Waals surface area contributed by atoms with Gasteiger partial charge in [-0.3, -0.25) is 0 Å². The molecular formula is C11H14F3N. The summed E-state index contributed by atoms with van der Waals surface area (Å²) in [6.07, 6.45) is 0.154. The zero-order valence-electron chi connectivity index (χ0n) is 8.78. The van der Waals surface area contributed by atoms with Crippen molar-refractivity contribution in [1.29, 1.82) is 0 Å². The molecule has 1 nitrogen and oxygen atoms in total. The second-order valence-corrected chi connectivity index (χ2v) is 4.39. The Kier molecular flexibility index (Phi) is 3.39. The first-order valence-electron chi connectivity index (χ1n) is 4.69. The van der Waals surface area contributed by atoms with Gasteiger partial charge in [-0.25, -0.2) is 13.2 Å². The summed E-state index contributed by atoms with van der Waals surface area (Å²) < 4.78 is 39.1. The van der Waals surface area contributed by atoms with E-state index in [-0.39, 0.29) is 12.0 Å². The average Bonchev–Trinajstić information content (AvgIpc) is 2.11. The molecule has 0 unspecified atom stereocenters. The van der Waals surface area contributed by atoms with E-state index in [4.69, 9.17) is 5.73 Å². The minimum atomic E-state index is -0.903. The summed E-state index contributed by atoms with van der Waals surface area (Å²) in [5, 5.41) is 0. The molecular weight excluding hydrogens is 203 g/mol. The van der Waals surface area contributed by atoms with Crippen molar-refractivity contribution in [1.82, 2.24) is 0 Å². The molecule has 84 valence electrons. The average molecular weight is 217 g/mol. The molecule has 0 aliphatic heterocycles. The first-order valence-corrected chi connectivity index (χ1v) is 4.69. The zero-order chi connectivity index (χ0) is 11.6. The van der Waals surface area contributed by atoms with Crippen LogP contribution < -0.4 is 5.73 Å². The highest BCUT2D eigenvalue weighted by molar-refractivity contribution is 5.22. The third kappa shape index (κ3) is 2.96. The standard InChI is InChI=1S/C11H14F3N/c1-11(2,6-15)5-8-9(13)3-7(12)4-10(8)14/h3-4H,5-6,15H2,1-2H3. The Balaban J connectivity index is 3.05. The van der Waals surface area contributed by atoms with Gasteiger partial charge in [0.25, 0.3) is 0 Å². The van der Waals surface area contributed by atoms with Gasteiger partial charge in [-0.05, 0) is 18.4 Å². The van der Waals surface area contributed by atoms with Crippen LogP contribution in [0.4, 0.5) is 13.2 Å². The van der Waals surface area contributed by atoms with Crippen molar-refractivity contribution >= 4 is 0 Å². The van der Waals surface area contributed by atoms with Crippen LogP contribution in [0.5, 0.6) is 0 Å². The summed E-state index contributed by atoms with van der Waals surface area (Å²) in [5.41, 5.74) is 4.96. The summed E-state index contributed by atoms with van der Waals surface area (Å²) in [6.45, 7) is 3.91. The van der Waals surface area contributed by atoms with E-state index in [9.17, 15) is 13.2 Å². The second kappa shape index (κ2) is 4.23. The molecule has 0 atom stereocenters. The topological polar surface area (TPSA) is 26.0 Å². The van der Waals surface area contributed by atoms with Gasteiger partial charge >= 0.3 is 0 Å². The minimum Gasteiger partial charge on any atom is -0.330 e. The molecule has 4 heteroatoms. The third-order valence-electron chi connectivity index (χ3n) is 2.31. The first-order chi connectivity index (χ1) is 6.85. The highest BCUT2D eigenvalue weighted by Crippen LogP contribution is 2.24. The Morgan fingerprint density at radius 1 is 1.13 bits per heavy atom. The number of halogens is 3. The van der Waals surface area contributed by atoms with Crippen LogP contribution >= 0.6 is 0 Å². The lowest BCUT2D eigenvalue weighted by Gasteiger charge is -2.22. The number of nitrogens with two attached hydrogens (primary N) is 1. The molecule has 0 spiro atoms. The van der Waals surface area contributed by atoms with Crippen LogP contribution in [0.1, 0.15) is 19.4 Å². The van der Waals surface area contributed by atoms with Gasteiger partial charge in [-0.1, -0.05) is 13.8 Å². The third-order valence-corrected chi connectivity index (χ3v) is 2.31. The van der Waals surface area contributed by atoms with E-state index in [0.29, 0.717) is 18.7 Å². The molecule has 0 saturated heterocycles. The summed E-state index contributed by atoms with van der Waals surface area (Å²) >= 11 is 0. The molecule has 0 aromatic heterocycles. The van der Waals surface area contributed by atoms with E-state index in [1.165, 1.54) is 0 Å². The fraction of sp³-hybridized carbons (Fsp3) is 0.455. The Bertz CT molecular complexity index is 338. The van der Waals surface area contributed by atoms with Crippen molar-refractivity contribution in [2.24, 2.45) is 11.1 Å². The zero-order valence-corrected chi connectivity index (χ0v) is 8.78. The normalized spacial score (nSPS) is 11.9. The van der Waals surface area contributed by atoms with Gasteiger partial charge < -0.3 is 5.73 Å². The molecule has 15 heavy (non-hydrogen) atoms. The van der Waals surface area contributed by atoms with Gasteiger partial charge in [0.2, 0.25) is 0 Å². The van der Waals surface area contributed by atoms with E-state index in [2.05, 4.69) is 0 Å². The molecule has 0 amide bonds. The van der Waals surface area contributed by atoms with Crippen LogP contribution in [0.25, 0.3) is 0 Å². The van der Waals surface area contributed by atoms with Crippen LogP contribution in [-0.4, -0.2) is 6.54 Å². The van der Waals surface area contributed by atoms with E-state index in [0.717, 1.165) is 0 Å². The van der Waals surface area contributed by atoms with E-state index < -0.39 is 22.9 Å². The van der Waals surface area contributed by atoms with Gasteiger partial charge in [0.1, 0.15) is 17.5 Å². The molecule has 0 fully saturated rings. The summed E-state index contributed by atoms with van der Waals surface area (Å²) in [6, 6.07) is 1.37. The maximum Gasteiger partial charge on any atom is 0.132 e. The van der Waals surface area contributed by atoms with Crippen molar-refractivity contribution < 1.29 is 13.2 Å². The lowest BCUT2D eigenvalue weighted by molar-refractivity contribution is 0.360. The molecule has 0 radical (unpaired) electrons. The Morgan fingerprint density at radius 2 is 1.60 bits per heavy atom. The second-order valence-electron chi connectivity index (χ2n) is 4.39. The fourth-order valence-electron chi connectivity index (χ4n) is 1.29. The molecule has 0 bridgehead atoms. The number of hydrogen-bond donors (Lipinski definition) is 1. The van der Waals surface area contributed by atoms with Crippen LogP contribution in [-0.2, 0) is 6.42 Å². The Hall–Kier alpha value is -1.03. The van der Waals surface area contributed by atoms with Gasteiger partial charge in [0, 0.05) is 17.7 Å². The Morgan fingerprint density at radius 3 is 2.00 bits per heavy atom. The predicted molar refractivity (Wildman–Crippen MR) is 52.9 cm³/mol. The van der Waals surface area contributed by atoms with E-state index in [1.807, 2.05) is 0 Å². The lowest BCUT2D eigenvalue weighted by atomic mass is 9.85. The van der Waals surface area contributed by atoms with Crippen LogP contribution in [0, 0.1) is 22.9 Å². The number of hydrogen-bond acceptors (Lipinski definition) is 1. The van der Waals surface area contributed by atoms with Gasteiger partial charge in [0.15, 0.2) is 0 Å². The molecule has 0 saturated carbocycles. The van der Waals surface area contributed by atoms with Crippen molar-refractivity contribution in [3.8, 4) is 0 Å². The largest absolute Gasteiger partial charge is 0.330 e. The highest BCUT2D eigenvalue weighted by Gasteiger charge is 2.21. The van der Waals surface area contributed by atoms with Crippen molar-refractivity contribution in [3.05, 3.63) is 35.1 Å². The van der Waals surface area contributed by atoms with Crippen LogP contribution in [0.2, 0.25) is 0 Å². The lowest BCUT2D eigenvalue weighted by Crippen LogP contribution is -2.26. The first kappa shape index (κ1) is 12.0. The molecule has 0 aliphatic carbocycles. The van der Waals surface area contributed by atoms with Crippen molar-refractivity contribution in [2.45, 2.75) is 20.3 Å². The van der Waals surface area contributed by atoms with Crippen LogP contribution in [0.3, 0.4) is 0 Å². The maximum atomic E-state index is 13.3. The predicted octanol–water partition coefficient (Wildman–Crippen LogP) is 2.63.